The van der Waals surface area contributed by atoms with Gasteiger partial charge in [0.15, 0.2) is 0 Å². The van der Waals surface area contributed by atoms with Crippen molar-refractivity contribution in [2.75, 3.05) is 9.80 Å². The fourth-order valence-corrected chi connectivity index (χ4v) is 14.7. The topological polar surface area (TPSA) is 6.48 Å². The first-order chi connectivity index (χ1) is 49.6. The van der Waals surface area contributed by atoms with Crippen LogP contribution in [0.2, 0.25) is 0 Å². The molecular formula is C98H68N2. The number of benzene rings is 17. The molecule has 2 nitrogen and oxygen atoms in total. The molecule has 0 atom stereocenters. The number of rotatable bonds is 16. The van der Waals surface area contributed by atoms with Crippen LogP contribution >= 0.6 is 0 Å². The van der Waals surface area contributed by atoms with Gasteiger partial charge < -0.3 is 9.80 Å². The van der Waals surface area contributed by atoms with Crippen LogP contribution in [-0.2, 0) is 0 Å². The van der Waals surface area contributed by atoms with Gasteiger partial charge in [0.1, 0.15) is 0 Å². The lowest BCUT2D eigenvalue weighted by Gasteiger charge is -2.35. The highest BCUT2D eigenvalue weighted by atomic mass is 15.2. The van der Waals surface area contributed by atoms with Crippen molar-refractivity contribution in [3.8, 4) is 111 Å². The second kappa shape index (κ2) is 27.2. The van der Waals surface area contributed by atoms with Gasteiger partial charge in [-0.2, -0.15) is 0 Å². The minimum absolute atomic E-state index is 0.969. The molecule has 2 heteroatoms. The van der Waals surface area contributed by atoms with Gasteiger partial charge in [-0.1, -0.05) is 346 Å². The van der Waals surface area contributed by atoms with Crippen molar-refractivity contribution in [2.24, 2.45) is 0 Å². The van der Waals surface area contributed by atoms with Crippen molar-refractivity contribution in [1.82, 2.24) is 0 Å². The molecule has 0 saturated heterocycles. The normalized spacial score (nSPS) is 11.2. The monoisotopic (exact) mass is 1270 g/mol. The van der Waals surface area contributed by atoms with Crippen LogP contribution in [0.4, 0.5) is 34.1 Å². The van der Waals surface area contributed by atoms with E-state index in [1.165, 1.54) is 21.9 Å². The summed E-state index contributed by atoms with van der Waals surface area (Å²) < 4.78 is 0. The quantitative estimate of drug-likeness (QED) is 0.0890. The third-order valence-electron chi connectivity index (χ3n) is 19.4. The van der Waals surface area contributed by atoms with Crippen molar-refractivity contribution in [3.63, 3.8) is 0 Å². The van der Waals surface area contributed by atoms with Crippen LogP contribution in [0.15, 0.2) is 413 Å². The molecule has 0 saturated carbocycles. The van der Waals surface area contributed by atoms with E-state index in [1.807, 2.05) is 0 Å². The van der Waals surface area contributed by atoms with Crippen molar-refractivity contribution < 1.29 is 0 Å². The second-order valence-electron chi connectivity index (χ2n) is 25.5. The molecule has 0 heterocycles. The van der Waals surface area contributed by atoms with Gasteiger partial charge in [-0.3, -0.25) is 0 Å². The fraction of sp³-hybridized carbons (Fsp3) is 0. The van der Waals surface area contributed by atoms with E-state index in [-0.39, 0.29) is 0 Å². The Hall–Kier alpha value is -13.1. The molecule has 0 spiro atoms. The number of fused-ring (bicyclic) bond motifs is 2. The zero-order chi connectivity index (χ0) is 66.6. The van der Waals surface area contributed by atoms with Crippen LogP contribution in [0.3, 0.4) is 0 Å². The van der Waals surface area contributed by atoms with Crippen LogP contribution in [0.5, 0.6) is 0 Å². The Kier molecular flexibility index (Phi) is 16.4. The van der Waals surface area contributed by atoms with Crippen molar-refractivity contribution in [1.29, 1.82) is 0 Å². The van der Waals surface area contributed by atoms with Crippen LogP contribution in [0.25, 0.3) is 133 Å². The van der Waals surface area contributed by atoms with E-state index in [4.69, 9.17) is 0 Å². The van der Waals surface area contributed by atoms with Gasteiger partial charge in [0, 0.05) is 45.0 Å². The van der Waals surface area contributed by atoms with Crippen LogP contribution in [0, 0.1) is 0 Å². The first-order valence-electron chi connectivity index (χ1n) is 34.4. The summed E-state index contributed by atoms with van der Waals surface area (Å²) in [7, 11) is 0. The largest absolute Gasteiger partial charge is 0.309 e. The van der Waals surface area contributed by atoms with Gasteiger partial charge >= 0.3 is 0 Å². The van der Waals surface area contributed by atoms with E-state index in [1.54, 1.807) is 0 Å². The van der Waals surface area contributed by atoms with E-state index in [2.05, 4.69) is 422 Å². The molecule has 0 aliphatic rings. The zero-order valence-electron chi connectivity index (χ0n) is 55.2. The smallest absolute Gasteiger partial charge is 0.0618 e. The molecule has 470 valence electrons. The number of nitrogens with zero attached hydrogens (tertiary/aromatic N) is 2. The van der Waals surface area contributed by atoms with Crippen molar-refractivity contribution >= 4 is 55.7 Å². The van der Waals surface area contributed by atoms with E-state index >= 15 is 0 Å². The Labute approximate surface area is 585 Å². The summed E-state index contributed by atoms with van der Waals surface area (Å²) in [6, 6.07) is 152. The molecule has 0 radical (unpaired) electrons. The maximum atomic E-state index is 2.56. The van der Waals surface area contributed by atoms with Crippen LogP contribution in [0.1, 0.15) is 0 Å². The second-order valence-corrected chi connectivity index (χ2v) is 25.5. The molecule has 0 bridgehead atoms. The number of hydrogen-bond donors (Lipinski definition) is 0. The molecule has 0 amide bonds. The van der Waals surface area contributed by atoms with Gasteiger partial charge in [0.05, 0.1) is 11.4 Å². The van der Waals surface area contributed by atoms with Gasteiger partial charge in [-0.05, 0) is 177 Å². The average molecular weight is 1270 g/mol. The third kappa shape index (κ3) is 11.8. The van der Waals surface area contributed by atoms with Gasteiger partial charge in [-0.15, -0.1) is 0 Å². The third-order valence-corrected chi connectivity index (χ3v) is 19.4. The highest BCUT2D eigenvalue weighted by Crippen LogP contribution is 2.55. The highest BCUT2D eigenvalue weighted by Gasteiger charge is 2.30. The molecule has 0 aliphatic heterocycles. The standard InChI is InChI=1S/C98H68N2/c1-10-32-69(33-11-1)73-54-58-83(59-55-73)99(97-91(75-40-18-5-19-41-75)64-80(71-36-14-3-15-37-71)65-92(97)76-42-20-6-21-43-76)85-62-82(96-89-52-30-28-50-87(89)95(79-48-26-9-27-49-79)88-51-29-31-53-90(88)96)63-86(68-85)100(84-60-56-74(57-61-84)70-34-12-2-13-35-70)98-93(77-44-22-7-23-45-77)66-81(72-38-16-4-17-39-72)67-94(98)78-46-24-8-25-47-78/h1-68H. The molecule has 17 aromatic rings. The molecule has 0 N–H and O–H groups in total. The fourth-order valence-electron chi connectivity index (χ4n) is 14.7. The van der Waals surface area contributed by atoms with Gasteiger partial charge in [0.2, 0.25) is 0 Å². The number of anilines is 6. The first kappa shape index (κ1) is 60.5. The molecule has 17 aromatic carbocycles. The lowest BCUT2D eigenvalue weighted by Crippen LogP contribution is -2.16. The van der Waals surface area contributed by atoms with E-state index in [0.29, 0.717) is 0 Å². The molecule has 0 aromatic heterocycles. The van der Waals surface area contributed by atoms with Crippen molar-refractivity contribution in [2.45, 2.75) is 0 Å². The Balaban J connectivity index is 1.05. The van der Waals surface area contributed by atoms with E-state index in [9.17, 15) is 0 Å². The SMILES string of the molecule is c1ccc(-c2ccc(N(c3cc(-c4c5ccccc5c(-c5ccccc5)c5ccccc45)cc(N(c4ccc(-c5ccccc5)cc4)c4c(-c5ccccc5)cc(-c5ccccc5)cc4-c4ccccc4)c3)c3c(-c4ccccc4)cc(-c4ccccc4)cc3-c3ccccc3)cc2)cc1. The van der Waals surface area contributed by atoms with Crippen molar-refractivity contribution in [3.05, 3.63) is 413 Å². The minimum Gasteiger partial charge on any atom is -0.309 e. The molecule has 0 aliphatic carbocycles. The summed E-state index contributed by atoms with van der Waals surface area (Å²) >= 11 is 0. The predicted molar refractivity (Wildman–Crippen MR) is 425 cm³/mol. The zero-order valence-corrected chi connectivity index (χ0v) is 55.2. The van der Waals surface area contributed by atoms with E-state index in [0.717, 1.165) is 145 Å². The molecule has 100 heavy (non-hydrogen) atoms. The lowest BCUT2D eigenvalue weighted by atomic mass is 9.85. The van der Waals surface area contributed by atoms with Gasteiger partial charge in [-0.25, -0.2) is 0 Å². The summed E-state index contributed by atoms with van der Waals surface area (Å²) in [5, 5.41) is 4.68. The minimum atomic E-state index is 0.969. The van der Waals surface area contributed by atoms with Gasteiger partial charge in [0.25, 0.3) is 0 Å². The molecule has 17 rings (SSSR count). The van der Waals surface area contributed by atoms with E-state index < -0.39 is 0 Å². The molecular weight excluding hydrogens is 1210 g/mol. The summed E-state index contributed by atoms with van der Waals surface area (Å²) in [6.45, 7) is 0. The Morgan fingerprint density at radius 1 is 0.130 bits per heavy atom. The molecule has 0 unspecified atom stereocenters. The Morgan fingerprint density at radius 3 is 0.610 bits per heavy atom. The highest BCUT2D eigenvalue weighted by molar-refractivity contribution is 6.22. The summed E-state index contributed by atoms with van der Waals surface area (Å²) in [5.41, 5.74) is 28.5. The predicted octanol–water partition coefficient (Wildman–Crippen LogP) is 27.6. The van der Waals surface area contributed by atoms with Crippen LogP contribution < -0.4 is 9.80 Å². The number of hydrogen-bond acceptors (Lipinski definition) is 2. The maximum Gasteiger partial charge on any atom is 0.0618 e. The first-order valence-corrected chi connectivity index (χ1v) is 34.4. The molecule has 0 fully saturated rings. The average Bonchev–Trinajstić information content (AvgIpc) is 0.728. The Bertz CT molecular complexity index is 5240. The maximum absolute atomic E-state index is 2.56. The van der Waals surface area contributed by atoms with Crippen LogP contribution in [-0.4, -0.2) is 0 Å². The summed E-state index contributed by atoms with van der Waals surface area (Å²) in [5.74, 6) is 0. The summed E-state index contributed by atoms with van der Waals surface area (Å²) in [6.07, 6.45) is 0. The summed E-state index contributed by atoms with van der Waals surface area (Å²) in [4.78, 5) is 5.13. The Morgan fingerprint density at radius 2 is 0.340 bits per heavy atom. The lowest BCUT2D eigenvalue weighted by molar-refractivity contribution is 1.25.